The minimum Gasteiger partial charge on any atom is -0.465 e. The van der Waals surface area contributed by atoms with E-state index in [0.29, 0.717) is 11.4 Å². The first-order valence-electron chi connectivity index (χ1n) is 4.72. The van der Waals surface area contributed by atoms with Crippen molar-refractivity contribution in [1.82, 2.24) is 14.8 Å². The summed E-state index contributed by atoms with van der Waals surface area (Å²) in [5.41, 5.74) is 1.03. The maximum absolute atomic E-state index is 10.8. The van der Waals surface area contributed by atoms with E-state index in [1.807, 2.05) is 0 Å². The molecule has 0 aromatic carbocycles. The number of halogens is 1. The largest absolute Gasteiger partial charge is 0.465 e. The van der Waals surface area contributed by atoms with Crippen molar-refractivity contribution < 1.29 is 9.90 Å². The van der Waals surface area contributed by atoms with Gasteiger partial charge in [0.15, 0.2) is 5.15 Å². The summed E-state index contributed by atoms with van der Waals surface area (Å²) in [4.78, 5) is 15.8. The van der Waals surface area contributed by atoms with Crippen LogP contribution in [0.5, 0.6) is 0 Å². The highest BCUT2D eigenvalue weighted by Crippen LogP contribution is 2.24. The maximum atomic E-state index is 10.8. The van der Waals surface area contributed by atoms with Crippen LogP contribution in [0.25, 0.3) is 5.69 Å². The van der Waals surface area contributed by atoms with E-state index in [1.54, 1.807) is 24.5 Å². The molecule has 0 bridgehead atoms. The summed E-state index contributed by atoms with van der Waals surface area (Å²) in [5, 5.41) is 13.0. The molecule has 2 rings (SSSR count). The third kappa shape index (κ3) is 2.21. The summed E-state index contributed by atoms with van der Waals surface area (Å²) in [6.45, 7) is 0. The van der Waals surface area contributed by atoms with Crippen LogP contribution in [-0.4, -0.2) is 33.0 Å². The second kappa shape index (κ2) is 4.42. The Labute approximate surface area is 102 Å². The summed E-state index contributed by atoms with van der Waals surface area (Å²) < 4.78 is 1.48. The zero-order valence-corrected chi connectivity index (χ0v) is 9.66. The molecule has 0 radical (unpaired) electrons. The lowest BCUT2D eigenvalue weighted by Gasteiger charge is -2.09. The Bertz CT molecular complexity index is 540. The Morgan fingerprint density at radius 1 is 1.59 bits per heavy atom. The maximum Gasteiger partial charge on any atom is 0.411 e. The first kappa shape index (κ1) is 11.4. The molecular weight excluding hydrogens is 244 g/mol. The fourth-order valence-electron chi connectivity index (χ4n) is 1.29. The van der Waals surface area contributed by atoms with Gasteiger partial charge in [0, 0.05) is 13.2 Å². The lowest BCUT2D eigenvalue weighted by atomic mass is 10.4. The first-order valence-corrected chi connectivity index (χ1v) is 5.09. The van der Waals surface area contributed by atoms with Crippen LogP contribution in [0.3, 0.4) is 0 Å². The zero-order chi connectivity index (χ0) is 12.4. The number of pyridine rings is 1. The molecule has 7 heteroatoms. The molecule has 2 aromatic rings. The second-order valence-corrected chi connectivity index (χ2v) is 3.66. The van der Waals surface area contributed by atoms with Gasteiger partial charge < -0.3 is 5.11 Å². The van der Waals surface area contributed by atoms with E-state index in [0.717, 1.165) is 4.90 Å². The molecule has 0 unspecified atom stereocenters. The summed E-state index contributed by atoms with van der Waals surface area (Å²) in [6, 6.07) is 3.55. The van der Waals surface area contributed by atoms with Gasteiger partial charge in [0.2, 0.25) is 0 Å². The van der Waals surface area contributed by atoms with Gasteiger partial charge in [0.1, 0.15) is 5.69 Å². The van der Waals surface area contributed by atoms with Gasteiger partial charge in [-0.05, 0) is 12.1 Å². The minimum atomic E-state index is -1.10. The predicted molar refractivity (Wildman–Crippen MR) is 62.8 cm³/mol. The van der Waals surface area contributed by atoms with Gasteiger partial charge in [-0.2, -0.15) is 5.10 Å². The Morgan fingerprint density at radius 3 is 2.94 bits per heavy atom. The Hall–Kier alpha value is -2.08. The molecule has 6 nitrogen and oxygen atoms in total. The molecule has 2 aromatic heterocycles. The van der Waals surface area contributed by atoms with Crippen LogP contribution in [0.1, 0.15) is 0 Å². The SMILES string of the molecule is CN(C(=O)O)c1cn(-c2cccnc2)nc1Cl. The van der Waals surface area contributed by atoms with Crippen LogP contribution < -0.4 is 4.90 Å². The smallest absolute Gasteiger partial charge is 0.411 e. The van der Waals surface area contributed by atoms with Crippen molar-refractivity contribution in [2.24, 2.45) is 0 Å². The normalized spacial score (nSPS) is 10.2. The molecule has 1 amide bonds. The molecule has 0 atom stereocenters. The summed E-state index contributed by atoms with van der Waals surface area (Å²) in [6.07, 6.45) is 3.68. The summed E-state index contributed by atoms with van der Waals surface area (Å²) in [5.74, 6) is 0. The molecule has 0 fully saturated rings. The van der Waals surface area contributed by atoms with E-state index < -0.39 is 6.09 Å². The van der Waals surface area contributed by atoms with Crippen molar-refractivity contribution in [2.75, 3.05) is 11.9 Å². The molecule has 88 valence electrons. The standard InChI is InChI=1S/C10H9ClN4O2/c1-14(10(16)17)8-6-15(13-9(8)11)7-3-2-4-12-5-7/h2-6H,1H3,(H,16,17). The number of amides is 1. The van der Waals surface area contributed by atoms with Crippen LogP contribution in [0.2, 0.25) is 5.15 Å². The molecule has 0 saturated carbocycles. The lowest BCUT2D eigenvalue weighted by molar-refractivity contribution is 0.203. The molecule has 0 aliphatic heterocycles. The van der Waals surface area contributed by atoms with E-state index in [4.69, 9.17) is 16.7 Å². The molecule has 0 spiro atoms. The van der Waals surface area contributed by atoms with Crippen molar-refractivity contribution in [3.63, 3.8) is 0 Å². The van der Waals surface area contributed by atoms with Gasteiger partial charge in [-0.15, -0.1) is 0 Å². The van der Waals surface area contributed by atoms with Crippen LogP contribution in [0.15, 0.2) is 30.7 Å². The minimum absolute atomic E-state index is 0.124. The average molecular weight is 253 g/mol. The number of hydrogen-bond donors (Lipinski definition) is 1. The van der Waals surface area contributed by atoms with Crippen molar-refractivity contribution in [3.05, 3.63) is 35.9 Å². The van der Waals surface area contributed by atoms with Crippen LogP contribution >= 0.6 is 11.6 Å². The summed E-state index contributed by atoms with van der Waals surface area (Å²) >= 11 is 5.88. The zero-order valence-electron chi connectivity index (χ0n) is 8.91. The predicted octanol–water partition coefficient (Wildman–Crippen LogP) is 2.03. The third-order valence-electron chi connectivity index (χ3n) is 2.21. The fourth-order valence-corrected chi connectivity index (χ4v) is 1.55. The fraction of sp³-hybridized carbons (Fsp3) is 0.100. The number of hydrogen-bond acceptors (Lipinski definition) is 3. The van der Waals surface area contributed by atoms with Gasteiger partial charge in [-0.1, -0.05) is 11.6 Å². The van der Waals surface area contributed by atoms with Gasteiger partial charge in [-0.3, -0.25) is 9.88 Å². The first-order chi connectivity index (χ1) is 8.09. The Morgan fingerprint density at radius 2 is 2.35 bits per heavy atom. The van der Waals surface area contributed by atoms with Crippen molar-refractivity contribution >= 4 is 23.4 Å². The monoisotopic (exact) mass is 252 g/mol. The number of carboxylic acid groups (broad SMARTS) is 1. The van der Waals surface area contributed by atoms with Crippen LogP contribution in [-0.2, 0) is 0 Å². The number of aromatic nitrogens is 3. The van der Waals surface area contributed by atoms with E-state index in [2.05, 4.69) is 10.1 Å². The Balaban J connectivity index is 2.41. The second-order valence-electron chi connectivity index (χ2n) is 3.30. The van der Waals surface area contributed by atoms with E-state index >= 15 is 0 Å². The van der Waals surface area contributed by atoms with Gasteiger partial charge in [-0.25, -0.2) is 9.48 Å². The van der Waals surface area contributed by atoms with E-state index in [1.165, 1.54) is 17.9 Å². The number of nitrogens with zero attached hydrogens (tertiary/aromatic N) is 4. The molecular formula is C10H9ClN4O2. The van der Waals surface area contributed by atoms with Crippen LogP contribution in [0, 0.1) is 0 Å². The molecule has 0 aliphatic rings. The van der Waals surface area contributed by atoms with E-state index in [-0.39, 0.29) is 5.15 Å². The van der Waals surface area contributed by atoms with E-state index in [9.17, 15) is 4.79 Å². The quantitative estimate of drug-likeness (QED) is 0.888. The number of rotatable bonds is 2. The molecule has 0 saturated heterocycles. The highest BCUT2D eigenvalue weighted by molar-refractivity contribution is 6.32. The van der Waals surface area contributed by atoms with Crippen molar-refractivity contribution in [2.45, 2.75) is 0 Å². The third-order valence-corrected chi connectivity index (χ3v) is 2.48. The number of anilines is 1. The molecule has 1 N–H and O–H groups in total. The van der Waals surface area contributed by atoms with Gasteiger partial charge >= 0.3 is 6.09 Å². The topological polar surface area (TPSA) is 71.2 Å². The van der Waals surface area contributed by atoms with Gasteiger partial charge in [0.05, 0.1) is 18.1 Å². The highest BCUT2D eigenvalue weighted by Gasteiger charge is 2.16. The summed E-state index contributed by atoms with van der Waals surface area (Å²) in [7, 11) is 1.40. The van der Waals surface area contributed by atoms with Crippen molar-refractivity contribution in [1.29, 1.82) is 0 Å². The van der Waals surface area contributed by atoms with Crippen molar-refractivity contribution in [3.8, 4) is 5.69 Å². The van der Waals surface area contributed by atoms with Gasteiger partial charge in [0.25, 0.3) is 0 Å². The lowest BCUT2D eigenvalue weighted by Crippen LogP contribution is -2.23. The molecule has 17 heavy (non-hydrogen) atoms. The van der Waals surface area contributed by atoms with Crippen LogP contribution in [0.4, 0.5) is 10.5 Å². The Kier molecular flexibility index (Phi) is 2.97. The number of carbonyl (C=O) groups is 1. The molecule has 0 aliphatic carbocycles. The molecule has 2 heterocycles. The highest BCUT2D eigenvalue weighted by atomic mass is 35.5. The average Bonchev–Trinajstić information content (AvgIpc) is 2.71.